The summed E-state index contributed by atoms with van der Waals surface area (Å²) in [6, 6.07) is 0. The molecular formula is C11H20O4. The molecule has 3 atom stereocenters. The van der Waals surface area contributed by atoms with Crippen LogP contribution in [-0.4, -0.2) is 37.0 Å². The number of hydrogen-bond acceptors (Lipinski definition) is 4. The van der Waals surface area contributed by atoms with E-state index in [1.165, 1.54) is 7.11 Å². The Hall–Kier alpha value is -0.610. The lowest BCUT2D eigenvalue weighted by molar-refractivity contribution is -0.156. The zero-order valence-corrected chi connectivity index (χ0v) is 9.44. The largest absolute Gasteiger partial charge is 0.467 e. The molecule has 1 rings (SSSR count). The third-order valence-corrected chi connectivity index (χ3v) is 2.91. The van der Waals surface area contributed by atoms with Crippen molar-refractivity contribution in [2.75, 3.05) is 13.7 Å². The minimum Gasteiger partial charge on any atom is -0.467 e. The van der Waals surface area contributed by atoms with Gasteiger partial charge >= 0.3 is 5.97 Å². The van der Waals surface area contributed by atoms with Gasteiger partial charge in [0.2, 0.25) is 0 Å². The van der Waals surface area contributed by atoms with Crippen LogP contribution in [0, 0.1) is 5.92 Å². The summed E-state index contributed by atoms with van der Waals surface area (Å²) in [6.07, 6.45) is 2.74. The summed E-state index contributed by atoms with van der Waals surface area (Å²) in [5.41, 5.74) is 0. The standard InChI is InChI=1S/C11H20O4/c1-3-4-9-7-8(5-6-15-9)10(12)11(13)14-2/h8-10,12H,3-7H2,1-2H3. The molecule has 0 aromatic carbocycles. The summed E-state index contributed by atoms with van der Waals surface area (Å²) >= 11 is 0. The van der Waals surface area contributed by atoms with Crippen LogP contribution in [0.25, 0.3) is 0 Å². The van der Waals surface area contributed by atoms with Crippen molar-refractivity contribution in [2.24, 2.45) is 5.92 Å². The van der Waals surface area contributed by atoms with E-state index < -0.39 is 12.1 Å². The number of esters is 1. The molecule has 1 aliphatic heterocycles. The Balaban J connectivity index is 2.44. The van der Waals surface area contributed by atoms with Crippen LogP contribution in [0.2, 0.25) is 0 Å². The van der Waals surface area contributed by atoms with Gasteiger partial charge in [-0.2, -0.15) is 0 Å². The number of hydrogen-bond donors (Lipinski definition) is 1. The van der Waals surface area contributed by atoms with E-state index in [2.05, 4.69) is 11.7 Å². The zero-order valence-electron chi connectivity index (χ0n) is 9.44. The first kappa shape index (κ1) is 12.5. The van der Waals surface area contributed by atoms with Crippen LogP contribution >= 0.6 is 0 Å². The molecule has 1 aliphatic rings. The van der Waals surface area contributed by atoms with Crippen LogP contribution in [0.4, 0.5) is 0 Å². The maximum atomic E-state index is 11.2. The quantitative estimate of drug-likeness (QED) is 0.715. The van der Waals surface area contributed by atoms with E-state index in [0.29, 0.717) is 6.61 Å². The maximum absolute atomic E-state index is 11.2. The molecule has 4 heteroatoms. The first-order valence-corrected chi connectivity index (χ1v) is 5.56. The Bertz CT molecular complexity index is 203. The molecule has 0 aliphatic carbocycles. The van der Waals surface area contributed by atoms with Gasteiger partial charge in [0.05, 0.1) is 13.2 Å². The highest BCUT2D eigenvalue weighted by atomic mass is 16.5. The van der Waals surface area contributed by atoms with Gasteiger partial charge in [-0.25, -0.2) is 4.79 Å². The Labute approximate surface area is 90.6 Å². The number of carbonyl (C=O) groups excluding carboxylic acids is 1. The highest BCUT2D eigenvalue weighted by Gasteiger charge is 2.32. The average Bonchev–Trinajstić information content (AvgIpc) is 2.28. The maximum Gasteiger partial charge on any atom is 0.334 e. The van der Waals surface area contributed by atoms with Crippen molar-refractivity contribution in [2.45, 2.75) is 44.8 Å². The van der Waals surface area contributed by atoms with Gasteiger partial charge in [-0.15, -0.1) is 0 Å². The Kier molecular flexibility index (Phi) is 5.05. The van der Waals surface area contributed by atoms with Crippen molar-refractivity contribution >= 4 is 5.97 Å². The summed E-state index contributed by atoms with van der Waals surface area (Å²) in [7, 11) is 1.30. The van der Waals surface area contributed by atoms with Gasteiger partial charge < -0.3 is 14.6 Å². The summed E-state index contributed by atoms with van der Waals surface area (Å²) in [4.78, 5) is 11.2. The number of carbonyl (C=O) groups is 1. The zero-order chi connectivity index (χ0) is 11.3. The number of methoxy groups -OCH3 is 1. The minimum absolute atomic E-state index is 0.0113. The average molecular weight is 216 g/mol. The lowest BCUT2D eigenvalue weighted by atomic mass is 9.89. The molecular weight excluding hydrogens is 196 g/mol. The van der Waals surface area contributed by atoms with E-state index >= 15 is 0 Å². The highest BCUT2D eigenvalue weighted by molar-refractivity contribution is 5.74. The van der Waals surface area contributed by atoms with E-state index in [1.807, 2.05) is 0 Å². The van der Waals surface area contributed by atoms with Gasteiger partial charge in [-0.05, 0) is 19.3 Å². The number of aliphatic hydroxyl groups excluding tert-OH is 1. The fourth-order valence-electron chi connectivity index (χ4n) is 2.03. The monoisotopic (exact) mass is 216 g/mol. The summed E-state index contributed by atoms with van der Waals surface area (Å²) in [5, 5.41) is 9.70. The molecule has 0 saturated carbocycles. The lowest BCUT2D eigenvalue weighted by Gasteiger charge is -2.31. The molecule has 4 nitrogen and oxygen atoms in total. The van der Waals surface area contributed by atoms with E-state index in [9.17, 15) is 9.90 Å². The number of rotatable bonds is 4. The number of ether oxygens (including phenoxy) is 2. The normalized spacial score (nSPS) is 28.5. The molecule has 0 spiro atoms. The van der Waals surface area contributed by atoms with Crippen molar-refractivity contribution in [1.29, 1.82) is 0 Å². The van der Waals surface area contributed by atoms with Crippen molar-refractivity contribution < 1.29 is 19.4 Å². The predicted molar refractivity (Wildman–Crippen MR) is 55.4 cm³/mol. The van der Waals surface area contributed by atoms with Crippen molar-refractivity contribution in [3.63, 3.8) is 0 Å². The molecule has 1 saturated heterocycles. The SMILES string of the molecule is CCCC1CC(C(O)C(=O)OC)CCO1. The lowest BCUT2D eigenvalue weighted by Crippen LogP contribution is -2.37. The van der Waals surface area contributed by atoms with Crippen molar-refractivity contribution in [3.8, 4) is 0 Å². The summed E-state index contributed by atoms with van der Waals surface area (Å²) in [5.74, 6) is -0.542. The van der Waals surface area contributed by atoms with Crippen molar-refractivity contribution in [1.82, 2.24) is 0 Å². The van der Waals surface area contributed by atoms with Crippen molar-refractivity contribution in [3.05, 3.63) is 0 Å². The van der Waals surface area contributed by atoms with Gasteiger partial charge in [-0.3, -0.25) is 0 Å². The van der Waals surface area contributed by atoms with E-state index in [0.717, 1.165) is 25.7 Å². The minimum atomic E-state index is -0.988. The second-order valence-electron chi connectivity index (χ2n) is 4.03. The van der Waals surface area contributed by atoms with Gasteiger partial charge in [0.25, 0.3) is 0 Å². The van der Waals surface area contributed by atoms with Crippen LogP contribution in [-0.2, 0) is 14.3 Å². The smallest absolute Gasteiger partial charge is 0.334 e. The molecule has 1 N–H and O–H groups in total. The Morgan fingerprint density at radius 3 is 3.00 bits per heavy atom. The molecule has 0 aromatic heterocycles. The van der Waals surface area contributed by atoms with Crippen LogP contribution in [0.3, 0.4) is 0 Å². The van der Waals surface area contributed by atoms with E-state index in [-0.39, 0.29) is 12.0 Å². The molecule has 15 heavy (non-hydrogen) atoms. The second kappa shape index (κ2) is 6.08. The highest BCUT2D eigenvalue weighted by Crippen LogP contribution is 2.26. The fourth-order valence-corrected chi connectivity index (χ4v) is 2.03. The van der Waals surface area contributed by atoms with Crippen LogP contribution in [0.5, 0.6) is 0 Å². The van der Waals surface area contributed by atoms with E-state index in [1.54, 1.807) is 0 Å². The third-order valence-electron chi connectivity index (χ3n) is 2.91. The second-order valence-corrected chi connectivity index (χ2v) is 4.03. The molecule has 1 heterocycles. The third kappa shape index (κ3) is 3.47. The molecule has 3 unspecified atom stereocenters. The molecule has 0 bridgehead atoms. The first-order valence-electron chi connectivity index (χ1n) is 5.56. The molecule has 0 amide bonds. The van der Waals surface area contributed by atoms with Gasteiger partial charge in [-0.1, -0.05) is 13.3 Å². The number of aliphatic hydroxyl groups is 1. The van der Waals surface area contributed by atoms with Gasteiger partial charge in [0, 0.05) is 12.5 Å². The predicted octanol–water partition coefficient (Wildman–Crippen LogP) is 1.12. The topological polar surface area (TPSA) is 55.8 Å². The van der Waals surface area contributed by atoms with Crippen LogP contribution in [0.15, 0.2) is 0 Å². The fraction of sp³-hybridized carbons (Fsp3) is 0.909. The van der Waals surface area contributed by atoms with Gasteiger partial charge in [0.1, 0.15) is 0 Å². The summed E-state index contributed by atoms with van der Waals surface area (Å²) < 4.78 is 10.1. The van der Waals surface area contributed by atoms with Crippen LogP contribution in [0.1, 0.15) is 32.6 Å². The Morgan fingerprint density at radius 1 is 1.67 bits per heavy atom. The van der Waals surface area contributed by atoms with Crippen LogP contribution < -0.4 is 0 Å². The summed E-state index contributed by atoms with van der Waals surface area (Å²) in [6.45, 7) is 2.73. The molecule has 1 fully saturated rings. The Morgan fingerprint density at radius 2 is 2.40 bits per heavy atom. The molecule has 88 valence electrons. The van der Waals surface area contributed by atoms with Gasteiger partial charge in [0.15, 0.2) is 6.10 Å². The van der Waals surface area contributed by atoms with E-state index in [4.69, 9.17) is 4.74 Å². The molecule has 0 aromatic rings. The first-order chi connectivity index (χ1) is 7.19. The molecule has 0 radical (unpaired) electrons.